The molecule has 0 aliphatic heterocycles. The molecule has 0 bridgehead atoms. The first kappa shape index (κ1) is 25.0. The van der Waals surface area contributed by atoms with Crippen molar-refractivity contribution in [3.8, 4) is 33.8 Å². The Balaban J connectivity index is 1.76. The van der Waals surface area contributed by atoms with Gasteiger partial charge in [0.1, 0.15) is 0 Å². The summed E-state index contributed by atoms with van der Waals surface area (Å²) in [5.41, 5.74) is 5.20. The molecule has 0 fully saturated rings. The fourth-order valence-corrected chi connectivity index (χ4v) is 3.44. The van der Waals surface area contributed by atoms with Crippen LogP contribution in [0.4, 0.5) is 0 Å². The summed E-state index contributed by atoms with van der Waals surface area (Å²) in [5.74, 6) is -0.260. The number of unbranched alkanes of at least 4 members (excludes halogenated alkanes) is 2. The molecule has 0 amide bonds. The van der Waals surface area contributed by atoms with Gasteiger partial charge in [-0.25, -0.2) is 9.68 Å². The number of carbonyl (C=O) groups excluding carboxylic acids is 1. The number of carbonyl (C=O) groups is 1. The maximum Gasteiger partial charge on any atom is 0.383 e. The van der Waals surface area contributed by atoms with Gasteiger partial charge in [-0.2, -0.15) is 4.89 Å². The van der Waals surface area contributed by atoms with Crippen LogP contribution in [0.1, 0.15) is 31.7 Å². The monoisotopic (exact) mass is 462 g/mol. The van der Waals surface area contributed by atoms with E-state index in [1.54, 1.807) is 12.1 Å². The number of hydrogen-bond acceptors (Lipinski definition) is 6. The maximum atomic E-state index is 11.7. The standard InChI is InChI=1S/C28H30O6/c1-4-5-6-7-21-8-10-22(11-9-21)23-12-14-24(15-13-23)25-16-26(32-31-3)18-27(17-25)33-34-28(30)20(2)19-29/h8-18,29H,2,4-7,19H2,1,3H3. The molecule has 1 N–H and O–H groups in total. The zero-order valence-corrected chi connectivity index (χ0v) is 19.6. The molecule has 0 spiro atoms. The van der Waals surface area contributed by atoms with Crippen molar-refractivity contribution in [2.75, 3.05) is 13.7 Å². The van der Waals surface area contributed by atoms with Crippen LogP contribution in [0, 0.1) is 0 Å². The van der Waals surface area contributed by atoms with E-state index in [9.17, 15) is 4.79 Å². The molecule has 0 radical (unpaired) electrons. The second kappa shape index (κ2) is 12.6. The summed E-state index contributed by atoms with van der Waals surface area (Å²) < 4.78 is 0. The Morgan fingerprint density at radius 1 is 0.824 bits per heavy atom. The predicted octanol–water partition coefficient (Wildman–Crippen LogP) is 6.08. The first-order valence-electron chi connectivity index (χ1n) is 11.3. The van der Waals surface area contributed by atoms with E-state index in [1.807, 2.05) is 12.1 Å². The number of rotatable bonds is 12. The number of hydrogen-bond donors (Lipinski definition) is 1. The average molecular weight is 463 g/mol. The lowest BCUT2D eigenvalue weighted by molar-refractivity contribution is -0.209. The van der Waals surface area contributed by atoms with Crippen LogP contribution >= 0.6 is 0 Å². The molecule has 0 heterocycles. The molecule has 0 saturated heterocycles. The molecule has 0 aliphatic rings. The summed E-state index contributed by atoms with van der Waals surface area (Å²) >= 11 is 0. The quantitative estimate of drug-likeness (QED) is 0.152. The van der Waals surface area contributed by atoms with E-state index in [2.05, 4.69) is 49.9 Å². The fourth-order valence-electron chi connectivity index (χ4n) is 3.44. The van der Waals surface area contributed by atoms with Gasteiger partial charge in [-0.3, -0.25) is 4.89 Å². The molecular weight excluding hydrogens is 432 g/mol. The Hall–Kier alpha value is -3.61. The molecular formula is C28H30O6. The topological polar surface area (TPSA) is 74.2 Å². The van der Waals surface area contributed by atoms with E-state index in [4.69, 9.17) is 24.7 Å². The molecule has 6 nitrogen and oxygen atoms in total. The van der Waals surface area contributed by atoms with Crippen molar-refractivity contribution in [2.45, 2.75) is 32.6 Å². The first-order chi connectivity index (χ1) is 16.5. The molecule has 0 aromatic heterocycles. The predicted molar refractivity (Wildman–Crippen MR) is 131 cm³/mol. The lowest BCUT2D eigenvalue weighted by Gasteiger charge is -2.11. The number of benzene rings is 3. The molecule has 0 unspecified atom stereocenters. The minimum absolute atomic E-state index is 0.117. The summed E-state index contributed by atoms with van der Waals surface area (Å²) in [7, 11) is 1.39. The van der Waals surface area contributed by atoms with Gasteiger partial charge < -0.3 is 9.99 Å². The highest BCUT2D eigenvalue weighted by Gasteiger charge is 2.12. The third-order valence-electron chi connectivity index (χ3n) is 5.33. The summed E-state index contributed by atoms with van der Waals surface area (Å²) in [6.45, 7) is 5.10. The first-order valence-corrected chi connectivity index (χ1v) is 11.3. The summed E-state index contributed by atoms with van der Waals surface area (Å²) in [6.07, 6.45) is 4.81. The van der Waals surface area contributed by atoms with Gasteiger partial charge >= 0.3 is 5.97 Å². The van der Waals surface area contributed by atoms with Gasteiger partial charge in [0.25, 0.3) is 0 Å². The highest BCUT2D eigenvalue weighted by molar-refractivity contribution is 5.87. The van der Waals surface area contributed by atoms with Crippen LogP contribution in [-0.4, -0.2) is 24.8 Å². The largest absolute Gasteiger partial charge is 0.391 e. The van der Waals surface area contributed by atoms with Crippen molar-refractivity contribution in [1.29, 1.82) is 0 Å². The smallest absolute Gasteiger partial charge is 0.383 e. The molecule has 3 aromatic rings. The fraction of sp³-hybridized carbons (Fsp3) is 0.250. The minimum atomic E-state index is -0.858. The molecule has 34 heavy (non-hydrogen) atoms. The zero-order chi connectivity index (χ0) is 24.3. The SMILES string of the molecule is C=C(CO)C(=O)OOc1cc(OOC)cc(-c2ccc(-c3ccc(CCCCC)cc3)cc2)c1. The summed E-state index contributed by atoms with van der Waals surface area (Å²) in [4.78, 5) is 31.5. The van der Waals surface area contributed by atoms with E-state index in [-0.39, 0.29) is 11.3 Å². The Morgan fingerprint density at radius 2 is 1.38 bits per heavy atom. The van der Waals surface area contributed by atoms with Crippen LogP contribution in [0.2, 0.25) is 0 Å². The number of aryl methyl sites for hydroxylation is 1. The van der Waals surface area contributed by atoms with Crippen LogP contribution in [-0.2, 0) is 21.0 Å². The summed E-state index contributed by atoms with van der Waals surface area (Å²) in [6, 6.07) is 21.8. The Kier molecular flexibility index (Phi) is 9.26. The maximum absolute atomic E-state index is 11.7. The van der Waals surface area contributed by atoms with Gasteiger partial charge in [-0.1, -0.05) is 74.9 Å². The van der Waals surface area contributed by atoms with Crippen molar-refractivity contribution in [2.24, 2.45) is 0 Å². The van der Waals surface area contributed by atoms with Gasteiger partial charge in [0.2, 0.25) is 0 Å². The Bertz CT molecular complexity index is 1090. The van der Waals surface area contributed by atoms with E-state index < -0.39 is 12.6 Å². The molecule has 3 aromatic carbocycles. The third kappa shape index (κ3) is 6.94. The van der Waals surface area contributed by atoms with E-state index in [0.717, 1.165) is 28.7 Å². The van der Waals surface area contributed by atoms with Gasteiger partial charge in [-0.15, -0.1) is 0 Å². The second-order valence-electron chi connectivity index (χ2n) is 7.89. The molecule has 0 aliphatic carbocycles. The number of aliphatic hydroxyl groups excluding tert-OH is 1. The normalized spacial score (nSPS) is 10.6. The highest BCUT2D eigenvalue weighted by Crippen LogP contribution is 2.32. The zero-order valence-electron chi connectivity index (χ0n) is 19.6. The molecule has 0 saturated carbocycles. The Morgan fingerprint density at radius 3 is 1.94 bits per heavy atom. The Labute approximate surface area is 200 Å². The lowest BCUT2D eigenvalue weighted by atomic mass is 9.98. The van der Waals surface area contributed by atoms with Crippen LogP contribution in [0.25, 0.3) is 22.3 Å². The second-order valence-corrected chi connectivity index (χ2v) is 7.89. The minimum Gasteiger partial charge on any atom is -0.391 e. The summed E-state index contributed by atoms with van der Waals surface area (Å²) in [5, 5.41) is 8.98. The molecule has 178 valence electrons. The lowest BCUT2D eigenvalue weighted by Crippen LogP contribution is -2.12. The van der Waals surface area contributed by atoms with E-state index in [1.165, 1.54) is 38.0 Å². The third-order valence-corrected chi connectivity index (χ3v) is 5.33. The van der Waals surface area contributed by atoms with Gasteiger partial charge in [-0.05, 0) is 52.8 Å². The van der Waals surface area contributed by atoms with Crippen molar-refractivity contribution in [3.63, 3.8) is 0 Å². The van der Waals surface area contributed by atoms with Gasteiger partial charge in [0.15, 0.2) is 11.5 Å². The van der Waals surface area contributed by atoms with Crippen molar-refractivity contribution in [3.05, 3.63) is 84.4 Å². The van der Waals surface area contributed by atoms with Gasteiger partial charge in [0.05, 0.1) is 19.3 Å². The number of aliphatic hydroxyl groups is 1. The highest BCUT2D eigenvalue weighted by atomic mass is 17.2. The van der Waals surface area contributed by atoms with Crippen LogP contribution in [0.5, 0.6) is 11.5 Å². The van der Waals surface area contributed by atoms with Crippen LogP contribution < -0.4 is 9.78 Å². The van der Waals surface area contributed by atoms with Crippen LogP contribution in [0.15, 0.2) is 78.9 Å². The van der Waals surface area contributed by atoms with Gasteiger partial charge in [0, 0.05) is 6.07 Å². The van der Waals surface area contributed by atoms with E-state index in [0.29, 0.717) is 5.75 Å². The molecule has 3 rings (SSSR count). The van der Waals surface area contributed by atoms with Crippen molar-refractivity contribution in [1.82, 2.24) is 0 Å². The van der Waals surface area contributed by atoms with Crippen molar-refractivity contribution < 1.29 is 29.5 Å². The van der Waals surface area contributed by atoms with Crippen LogP contribution in [0.3, 0.4) is 0 Å². The van der Waals surface area contributed by atoms with Crippen molar-refractivity contribution >= 4 is 5.97 Å². The molecule has 0 atom stereocenters. The molecule has 6 heteroatoms. The average Bonchev–Trinajstić information content (AvgIpc) is 2.87. The van der Waals surface area contributed by atoms with E-state index >= 15 is 0 Å².